The number of benzene rings is 1. The third-order valence-electron chi connectivity index (χ3n) is 3.95. The minimum Gasteiger partial charge on any atom is -0.493 e. The fraction of sp³-hybridized carbons (Fsp3) is 0.611. The van der Waals surface area contributed by atoms with E-state index in [0.29, 0.717) is 54.3 Å². The predicted molar refractivity (Wildman–Crippen MR) is 94.3 cm³/mol. The third-order valence-corrected chi connectivity index (χ3v) is 4.23. The zero-order valence-corrected chi connectivity index (χ0v) is 15.6. The number of halogens is 1. The Morgan fingerprint density at radius 3 is 2.83 bits per heavy atom. The molecule has 24 heavy (non-hydrogen) atoms. The van der Waals surface area contributed by atoms with Gasteiger partial charge in [0, 0.05) is 18.7 Å². The van der Waals surface area contributed by atoms with Gasteiger partial charge in [0.1, 0.15) is 0 Å². The summed E-state index contributed by atoms with van der Waals surface area (Å²) in [6.45, 7) is 8.48. The van der Waals surface area contributed by atoms with E-state index in [1.807, 2.05) is 6.92 Å². The summed E-state index contributed by atoms with van der Waals surface area (Å²) in [5.41, 5.74) is 0.502. The van der Waals surface area contributed by atoms with Crippen LogP contribution in [0, 0.1) is 5.92 Å². The van der Waals surface area contributed by atoms with E-state index in [9.17, 15) is 4.79 Å². The summed E-state index contributed by atoms with van der Waals surface area (Å²) in [5.74, 6) is 1.45. The van der Waals surface area contributed by atoms with Crippen molar-refractivity contribution in [2.24, 2.45) is 5.92 Å². The quantitative estimate of drug-likeness (QED) is 0.781. The molecule has 0 spiro atoms. The van der Waals surface area contributed by atoms with Crippen LogP contribution in [0.1, 0.15) is 37.6 Å². The van der Waals surface area contributed by atoms with Crippen LogP contribution >= 0.6 is 11.6 Å². The zero-order valence-electron chi connectivity index (χ0n) is 14.8. The van der Waals surface area contributed by atoms with Gasteiger partial charge in [-0.2, -0.15) is 0 Å². The topological polar surface area (TPSA) is 48.0 Å². The first-order valence-corrected chi connectivity index (χ1v) is 8.71. The van der Waals surface area contributed by atoms with Crippen LogP contribution in [0.5, 0.6) is 11.5 Å². The fourth-order valence-electron chi connectivity index (χ4n) is 2.57. The van der Waals surface area contributed by atoms with Crippen molar-refractivity contribution in [3.8, 4) is 11.5 Å². The highest BCUT2D eigenvalue weighted by molar-refractivity contribution is 6.32. The van der Waals surface area contributed by atoms with E-state index in [1.54, 1.807) is 24.1 Å². The molecule has 0 radical (unpaired) electrons. The van der Waals surface area contributed by atoms with Gasteiger partial charge in [0.2, 0.25) is 0 Å². The van der Waals surface area contributed by atoms with Crippen LogP contribution in [-0.4, -0.2) is 50.3 Å². The van der Waals surface area contributed by atoms with E-state index in [4.69, 9.17) is 25.8 Å². The lowest BCUT2D eigenvalue weighted by atomic mass is 10.1. The van der Waals surface area contributed by atoms with Crippen molar-refractivity contribution in [1.29, 1.82) is 0 Å². The van der Waals surface area contributed by atoms with Gasteiger partial charge in [0.25, 0.3) is 5.91 Å². The van der Waals surface area contributed by atoms with Crippen LogP contribution in [0.15, 0.2) is 12.1 Å². The summed E-state index contributed by atoms with van der Waals surface area (Å²) in [6, 6.07) is 3.34. The monoisotopic (exact) mass is 355 g/mol. The zero-order chi connectivity index (χ0) is 17.7. The highest BCUT2D eigenvalue weighted by Crippen LogP contribution is 2.37. The molecule has 1 aromatic rings. The van der Waals surface area contributed by atoms with E-state index in [1.165, 1.54) is 0 Å². The number of hydrogen-bond donors (Lipinski definition) is 0. The Hall–Kier alpha value is -1.46. The first-order chi connectivity index (χ1) is 11.4. The van der Waals surface area contributed by atoms with Crippen molar-refractivity contribution < 1.29 is 19.0 Å². The molecule has 0 aliphatic carbocycles. The van der Waals surface area contributed by atoms with Gasteiger partial charge in [-0.1, -0.05) is 25.4 Å². The number of hydrogen-bond acceptors (Lipinski definition) is 4. The minimum absolute atomic E-state index is 0.0405. The maximum Gasteiger partial charge on any atom is 0.254 e. The number of rotatable bonds is 6. The van der Waals surface area contributed by atoms with Crippen LogP contribution in [0.3, 0.4) is 0 Å². The predicted octanol–water partition coefficient (Wildman–Crippen LogP) is 3.63. The SMILES string of the molecule is COc1cc(C(=O)N2CCOC(C)C2)cc(Cl)c1OCCC(C)C. The summed E-state index contributed by atoms with van der Waals surface area (Å²) < 4.78 is 16.6. The maximum atomic E-state index is 12.7. The van der Waals surface area contributed by atoms with Crippen molar-refractivity contribution in [2.75, 3.05) is 33.4 Å². The van der Waals surface area contributed by atoms with Crippen molar-refractivity contribution in [3.63, 3.8) is 0 Å². The van der Waals surface area contributed by atoms with Crippen molar-refractivity contribution in [2.45, 2.75) is 33.3 Å². The number of ether oxygens (including phenoxy) is 3. The third kappa shape index (κ3) is 4.77. The summed E-state index contributed by atoms with van der Waals surface area (Å²) in [5, 5.41) is 0.391. The standard InChI is InChI=1S/C18H26ClNO4/c1-12(2)5-7-24-17-15(19)9-14(10-16(17)22-4)18(21)20-6-8-23-13(3)11-20/h9-10,12-13H,5-8,11H2,1-4H3. The molecule has 1 atom stereocenters. The Morgan fingerprint density at radius 2 is 2.21 bits per heavy atom. The lowest BCUT2D eigenvalue weighted by Gasteiger charge is -2.31. The minimum atomic E-state index is -0.0703. The first kappa shape index (κ1) is 18.9. The lowest BCUT2D eigenvalue weighted by Crippen LogP contribution is -2.44. The first-order valence-electron chi connectivity index (χ1n) is 8.33. The van der Waals surface area contributed by atoms with Gasteiger partial charge in [0.15, 0.2) is 11.5 Å². The molecule has 1 unspecified atom stereocenters. The van der Waals surface area contributed by atoms with E-state index in [0.717, 1.165) is 6.42 Å². The molecule has 1 amide bonds. The summed E-state index contributed by atoms with van der Waals surface area (Å²) in [6.07, 6.45) is 0.963. The average molecular weight is 356 g/mol. The Balaban J connectivity index is 2.17. The highest BCUT2D eigenvalue weighted by Gasteiger charge is 2.24. The molecule has 1 fully saturated rings. The van der Waals surface area contributed by atoms with Gasteiger partial charge in [-0.15, -0.1) is 0 Å². The van der Waals surface area contributed by atoms with E-state index in [-0.39, 0.29) is 12.0 Å². The maximum absolute atomic E-state index is 12.7. The molecule has 1 aliphatic rings. The van der Waals surface area contributed by atoms with E-state index >= 15 is 0 Å². The Bertz CT molecular complexity index is 576. The second-order valence-electron chi connectivity index (χ2n) is 6.45. The van der Waals surface area contributed by atoms with Crippen LogP contribution in [0.4, 0.5) is 0 Å². The molecule has 5 nitrogen and oxygen atoms in total. The normalized spacial score (nSPS) is 17.9. The number of carbonyl (C=O) groups excluding carboxylic acids is 1. The molecular weight excluding hydrogens is 330 g/mol. The second kappa shape index (κ2) is 8.58. The van der Waals surface area contributed by atoms with Gasteiger partial charge in [-0.3, -0.25) is 4.79 Å². The summed E-state index contributed by atoms with van der Waals surface area (Å²) in [4.78, 5) is 14.5. The van der Waals surface area contributed by atoms with Crippen molar-refractivity contribution in [1.82, 2.24) is 4.90 Å². The molecule has 1 aliphatic heterocycles. The van der Waals surface area contributed by atoms with Crippen LogP contribution in [0.25, 0.3) is 0 Å². The molecule has 1 aromatic carbocycles. The fourth-order valence-corrected chi connectivity index (χ4v) is 2.83. The van der Waals surface area contributed by atoms with Crippen molar-refractivity contribution >= 4 is 17.5 Å². The van der Waals surface area contributed by atoms with Crippen LogP contribution < -0.4 is 9.47 Å². The van der Waals surface area contributed by atoms with Crippen LogP contribution in [-0.2, 0) is 4.74 Å². The van der Waals surface area contributed by atoms with Gasteiger partial charge in [-0.25, -0.2) is 0 Å². The molecule has 134 valence electrons. The number of morpholine rings is 1. The molecule has 1 saturated heterocycles. The number of carbonyl (C=O) groups is 1. The van der Waals surface area contributed by atoms with E-state index < -0.39 is 0 Å². The highest BCUT2D eigenvalue weighted by atomic mass is 35.5. The van der Waals surface area contributed by atoms with Gasteiger partial charge in [0.05, 0.1) is 31.5 Å². The van der Waals surface area contributed by atoms with Crippen LogP contribution in [0.2, 0.25) is 5.02 Å². The van der Waals surface area contributed by atoms with Gasteiger partial charge >= 0.3 is 0 Å². The smallest absolute Gasteiger partial charge is 0.254 e. The van der Waals surface area contributed by atoms with Gasteiger partial charge < -0.3 is 19.1 Å². The lowest BCUT2D eigenvalue weighted by molar-refractivity contribution is -0.0124. The Kier molecular flexibility index (Phi) is 6.75. The molecule has 0 bridgehead atoms. The molecule has 1 heterocycles. The molecule has 0 N–H and O–H groups in total. The molecule has 0 aromatic heterocycles. The molecule has 6 heteroatoms. The number of nitrogens with zero attached hydrogens (tertiary/aromatic N) is 1. The molecular formula is C18H26ClNO4. The molecule has 0 saturated carbocycles. The summed E-state index contributed by atoms with van der Waals surface area (Å²) in [7, 11) is 1.55. The Morgan fingerprint density at radius 1 is 1.46 bits per heavy atom. The molecule has 2 rings (SSSR count). The number of amides is 1. The second-order valence-corrected chi connectivity index (χ2v) is 6.86. The van der Waals surface area contributed by atoms with Crippen molar-refractivity contribution in [3.05, 3.63) is 22.7 Å². The van der Waals surface area contributed by atoms with Gasteiger partial charge in [-0.05, 0) is 31.4 Å². The summed E-state index contributed by atoms with van der Waals surface area (Å²) >= 11 is 6.34. The number of methoxy groups -OCH3 is 1. The average Bonchev–Trinajstić information content (AvgIpc) is 2.55. The largest absolute Gasteiger partial charge is 0.493 e. The Labute approximate surface area is 148 Å². The van der Waals surface area contributed by atoms with E-state index in [2.05, 4.69) is 13.8 Å².